The number of hydrogen-bond acceptors (Lipinski definition) is 5. The van der Waals surface area contributed by atoms with Crippen LogP contribution in [-0.2, 0) is 0 Å². The summed E-state index contributed by atoms with van der Waals surface area (Å²) in [5.74, 6) is -1.49. The molecular formula is C18H17FN6O3. The van der Waals surface area contributed by atoms with Crippen LogP contribution in [-0.4, -0.2) is 38.3 Å². The average Bonchev–Trinajstić information content (AvgIpc) is 3.08. The van der Waals surface area contributed by atoms with E-state index in [1.807, 2.05) is 0 Å². The van der Waals surface area contributed by atoms with Crippen LogP contribution in [0.1, 0.15) is 33.8 Å². The van der Waals surface area contributed by atoms with Crippen LogP contribution in [0.5, 0.6) is 0 Å². The van der Waals surface area contributed by atoms with Gasteiger partial charge >= 0.3 is 5.69 Å². The van der Waals surface area contributed by atoms with E-state index in [0.29, 0.717) is 18.4 Å². The number of aromatic nitrogens is 3. The molecule has 0 bridgehead atoms. The van der Waals surface area contributed by atoms with Gasteiger partial charge in [0.25, 0.3) is 11.8 Å². The number of pyridine rings is 1. The molecule has 1 saturated carbocycles. The highest BCUT2D eigenvalue weighted by Gasteiger charge is 2.32. The van der Waals surface area contributed by atoms with Crippen LogP contribution in [0.4, 0.5) is 10.1 Å². The highest BCUT2D eigenvalue weighted by molar-refractivity contribution is 5.97. The highest BCUT2D eigenvalue weighted by Crippen LogP contribution is 2.21. The molecule has 1 fully saturated rings. The van der Waals surface area contributed by atoms with Gasteiger partial charge in [-0.15, -0.1) is 0 Å². The molecule has 0 aliphatic heterocycles. The zero-order valence-corrected chi connectivity index (χ0v) is 14.6. The van der Waals surface area contributed by atoms with Crippen LogP contribution in [0.25, 0.3) is 5.52 Å². The minimum atomic E-state index is -0.614. The first kappa shape index (κ1) is 17.7. The van der Waals surface area contributed by atoms with Crippen LogP contribution in [0.15, 0.2) is 41.5 Å². The molecule has 0 saturated heterocycles. The van der Waals surface area contributed by atoms with Crippen molar-refractivity contribution in [1.29, 1.82) is 0 Å². The number of nitrogens with one attached hydrogen (secondary N) is 3. The molecule has 4 rings (SSSR count). The summed E-state index contributed by atoms with van der Waals surface area (Å²) < 4.78 is 14.4. The zero-order chi connectivity index (χ0) is 19.8. The first-order chi connectivity index (χ1) is 13.4. The normalized spacial score (nSPS) is 18.5. The van der Waals surface area contributed by atoms with E-state index in [4.69, 9.17) is 5.73 Å². The quantitative estimate of drug-likeness (QED) is 0.518. The number of carbonyl (C=O) groups excluding carboxylic acids is 2. The second-order valence-corrected chi connectivity index (χ2v) is 6.69. The first-order valence-electron chi connectivity index (χ1n) is 8.64. The molecule has 10 heteroatoms. The summed E-state index contributed by atoms with van der Waals surface area (Å²) in [5, 5.41) is 5.57. The maximum Gasteiger partial charge on any atom is 0.330 e. The average molecular weight is 384 g/mol. The van der Waals surface area contributed by atoms with Gasteiger partial charge < -0.3 is 21.4 Å². The van der Waals surface area contributed by atoms with Crippen molar-refractivity contribution >= 4 is 23.0 Å². The smallest absolute Gasteiger partial charge is 0.330 e. The van der Waals surface area contributed by atoms with E-state index >= 15 is 0 Å². The summed E-state index contributed by atoms with van der Waals surface area (Å²) in [7, 11) is 0. The molecule has 0 unspecified atom stereocenters. The number of rotatable bonds is 4. The van der Waals surface area contributed by atoms with Gasteiger partial charge in [0.15, 0.2) is 5.69 Å². The number of H-pyrrole nitrogens is 1. The van der Waals surface area contributed by atoms with Crippen molar-refractivity contribution in [3.05, 3.63) is 64.3 Å². The molecular weight excluding hydrogens is 367 g/mol. The summed E-state index contributed by atoms with van der Waals surface area (Å²) in [6.45, 7) is 0. The van der Waals surface area contributed by atoms with Gasteiger partial charge in [0, 0.05) is 24.3 Å². The number of aromatic amines is 1. The molecule has 1 aliphatic carbocycles. The van der Waals surface area contributed by atoms with E-state index in [2.05, 4.69) is 20.6 Å². The summed E-state index contributed by atoms with van der Waals surface area (Å²) in [5.41, 5.74) is 5.94. The van der Waals surface area contributed by atoms with Crippen molar-refractivity contribution in [2.45, 2.75) is 24.9 Å². The number of amides is 2. The molecule has 5 N–H and O–H groups in total. The number of halogens is 1. The first-order valence-corrected chi connectivity index (χ1v) is 8.64. The maximum absolute atomic E-state index is 13.0. The van der Waals surface area contributed by atoms with Crippen LogP contribution in [0.2, 0.25) is 0 Å². The number of carbonyl (C=O) groups is 2. The van der Waals surface area contributed by atoms with Crippen molar-refractivity contribution in [2.75, 3.05) is 5.73 Å². The Labute approximate surface area is 157 Å². The molecule has 3 aromatic rings. The summed E-state index contributed by atoms with van der Waals surface area (Å²) in [4.78, 5) is 42.7. The third-order valence-electron chi connectivity index (χ3n) is 4.68. The Morgan fingerprint density at radius 3 is 2.64 bits per heavy atom. The van der Waals surface area contributed by atoms with Gasteiger partial charge in [0.05, 0.1) is 17.4 Å². The fourth-order valence-corrected chi connectivity index (χ4v) is 3.19. The Balaban J connectivity index is 1.33. The number of nitrogens with zero attached hydrogens (tertiary/aromatic N) is 2. The van der Waals surface area contributed by atoms with E-state index in [1.54, 1.807) is 24.4 Å². The third-order valence-corrected chi connectivity index (χ3v) is 4.68. The van der Waals surface area contributed by atoms with Crippen molar-refractivity contribution in [3.63, 3.8) is 0 Å². The molecule has 0 aromatic carbocycles. The Bertz CT molecular complexity index is 1130. The minimum absolute atomic E-state index is 0.0352. The van der Waals surface area contributed by atoms with E-state index in [0.717, 1.165) is 12.3 Å². The molecule has 1 aliphatic rings. The van der Waals surface area contributed by atoms with E-state index in [1.165, 1.54) is 4.40 Å². The summed E-state index contributed by atoms with van der Waals surface area (Å²) in [6.07, 6.45) is 3.59. The molecule has 2 amide bonds. The van der Waals surface area contributed by atoms with E-state index in [9.17, 15) is 18.8 Å². The number of fused-ring (bicyclic) bond motifs is 1. The van der Waals surface area contributed by atoms with Crippen LogP contribution >= 0.6 is 0 Å². The molecule has 3 heterocycles. The number of anilines is 1. The Kier molecular flexibility index (Phi) is 4.30. The monoisotopic (exact) mass is 384 g/mol. The zero-order valence-electron chi connectivity index (χ0n) is 14.6. The fourth-order valence-electron chi connectivity index (χ4n) is 3.19. The van der Waals surface area contributed by atoms with E-state index in [-0.39, 0.29) is 35.1 Å². The molecule has 0 radical (unpaired) electrons. The lowest BCUT2D eigenvalue weighted by atomic mass is 9.86. The van der Waals surface area contributed by atoms with Gasteiger partial charge in [-0.1, -0.05) is 0 Å². The molecule has 0 atom stereocenters. The van der Waals surface area contributed by atoms with Gasteiger partial charge in [0.1, 0.15) is 11.5 Å². The second-order valence-electron chi connectivity index (χ2n) is 6.69. The van der Waals surface area contributed by atoms with Crippen molar-refractivity contribution in [1.82, 2.24) is 25.0 Å². The lowest BCUT2D eigenvalue weighted by Gasteiger charge is -2.36. The molecule has 28 heavy (non-hydrogen) atoms. The molecule has 144 valence electrons. The van der Waals surface area contributed by atoms with Gasteiger partial charge in [-0.3, -0.25) is 14.0 Å². The third kappa shape index (κ3) is 3.31. The number of nitrogen functional groups attached to an aromatic ring is 1. The van der Waals surface area contributed by atoms with Crippen molar-refractivity contribution < 1.29 is 14.0 Å². The van der Waals surface area contributed by atoms with E-state index < -0.39 is 17.4 Å². The fraction of sp³-hybridized carbons (Fsp3) is 0.222. The second kappa shape index (κ2) is 6.80. The molecule has 0 spiro atoms. The Hall–Kier alpha value is -3.69. The summed E-state index contributed by atoms with van der Waals surface area (Å²) in [6, 6.07) is 5.79. The topological polar surface area (TPSA) is 134 Å². The highest BCUT2D eigenvalue weighted by atomic mass is 19.1. The van der Waals surface area contributed by atoms with Crippen molar-refractivity contribution in [3.8, 4) is 0 Å². The van der Waals surface area contributed by atoms with Crippen LogP contribution in [0.3, 0.4) is 0 Å². The minimum Gasteiger partial charge on any atom is -0.397 e. The van der Waals surface area contributed by atoms with Gasteiger partial charge in [-0.05, 0) is 31.0 Å². The van der Waals surface area contributed by atoms with Crippen LogP contribution < -0.4 is 22.1 Å². The number of nitrogens with two attached hydrogens (primary N) is 1. The van der Waals surface area contributed by atoms with Crippen LogP contribution in [0, 0.1) is 5.82 Å². The lowest BCUT2D eigenvalue weighted by Crippen LogP contribution is -2.54. The molecule has 9 nitrogen and oxygen atoms in total. The standard InChI is InChI=1S/C18H17FN6O3/c19-9-4-13(20)15(21-8-9)17(27)23-11-5-10(6-11)22-16(26)14-7-12-2-1-3-25(12)18(28)24-14/h1-4,7-8,10-11H,5-6,20H2,(H,22,26)(H,23,27)(H,24,28). The Morgan fingerprint density at radius 1 is 1.21 bits per heavy atom. The Morgan fingerprint density at radius 2 is 1.93 bits per heavy atom. The van der Waals surface area contributed by atoms with Gasteiger partial charge in [0.2, 0.25) is 0 Å². The van der Waals surface area contributed by atoms with Gasteiger partial charge in [-0.25, -0.2) is 14.2 Å². The van der Waals surface area contributed by atoms with Crippen molar-refractivity contribution in [2.24, 2.45) is 0 Å². The SMILES string of the molecule is Nc1cc(F)cnc1C(=O)NC1CC(NC(=O)c2cc3cccn3c(=O)[nH]2)C1. The largest absolute Gasteiger partial charge is 0.397 e. The molecule has 3 aromatic heterocycles. The lowest BCUT2D eigenvalue weighted by molar-refractivity contribution is 0.0857. The maximum atomic E-state index is 13.0. The summed E-state index contributed by atoms with van der Waals surface area (Å²) >= 11 is 0. The van der Waals surface area contributed by atoms with Gasteiger partial charge in [-0.2, -0.15) is 0 Å². The predicted octanol–water partition coefficient (Wildman–Crippen LogP) is 0.435. The predicted molar refractivity (Wildman–Crippen MR) is 98.4 cm³/mol. The number of hydrogen-bond donors (Lipinski definition) is 4.